The molecule has 0 aromatic heterocycles. The first-order valence-corrected chi connectivity index (χ1v) is 7.18. The Kier molecular flexibility index (Phi) is 5.06. The number of amides is 1. The maximum Gasteiger partial charge on any atom is 0.282 e. The third-order valence-corrected chi connectivity index (χ3v) is 3.94. The van der Waals surface area contributed by atoms with Gasteiger partial charge in [-0.2, -0.15) is 0 Å². The summed E-state index contributed by atoms with van der Waals surface area (Å²) in [4.78, 5) is 13.4. The van der Waals surface area contributed by atoms with E-state index in [0.717, 1.165) is 44.1 Å². The Morgan fingerprint density at radius 1 is 1.20 bits per heavy atom. The van der Waals surface area contributed by atoms with E-state index < -0.39 is 11.6 Å². The van der Waals surface area contributed by atoms with Crippen molar-refractivity contribution in [1.82, 2.24) is 0 Å². The van der Waals surface area contributed by atoms with Crippen LogP contribution in [-0.4, -0.2) is 25.0 Å². The van der Waals surface area contributed by atoms with Crippen molar-refractivity contribution in [2.24, 2.45) is 0 Å². The SMILES string of the molecule is C[C@H](C(=O)Nc1cc(F)ccc1F)[NH+]1CCCCCC1. The lowest BCUT2D eigenvalue weighted by atomic mass is 10.2. The molecule has 1 aromatic carbocycles. The van der Waals surface area contributed by atoms with Crippen molar-refractivity contribution in [3.63, 3.8) is 0 Å². The summed E-state index contributed by atoms with van der Waals surface area (Å²) in [6.07, 6.45) is 4.63. The second-order valence-electron chi connectivity index (χ2n) is 5.41. The average molecular weight is 283 g/mol. The van der Waals surface area contributed by atoms with Crippen molar-refractivity contribution < 1.29 is 18.5 Å². The smallest absolute Gasteiger partial charge is 0.282 e. The van der Waals surface area contributed by atoms with E-state index >= 15 is 0 Å². The van der Waals surface area contributed by atoms with E-state index in [9.17, 15) is 13.6 Å². The van der Waals surface area contributed by atoms with E-state index in [0.29, 0.717) is 0 Å². The molecule has 1 fully saturated rings. The van der Waals surface area contributed by atoms with Gasteiger partial charge in [-0.1, -0.05) is 0 Å². The molecule has 110 valence electrons. The number of quaternary nitrogens is 1. The summed E-state index contributed by atoms with van der Waals surface area (Å²) in [5.41, 5.74) is -0.0870. The van der Waals surface area contributed by atoms with E-state index in [1.165, 1.54) is 17.7 Å². The Morgan fingerprint density at radius 2 is 1.85 bits per heavy atom. The lowest BCUT2D eigenvalue weighted by Gasteiger charge is -2.23. The molecule has 1 aromatic rings. The molecular weight excluding hydrogens is 262 g/mol. The number of rotatable bonds is 3. The van der Waals surface area contributed by atoms with Crippen LogP contribution in [0.15, 0.2) is 18.2 Å². The van der Waals surface area contributed by atoms with Gasteiger partial charge in [-0.15, -0.1) is 0 Å². The van der Waals surface area contributed by atoms with Gasteiger partial charge in [-0.3, -0.25) is 4.79 Å². The van der Waals surface area contributed by atoms with E-state index in [2.05, 4.69) is 5.32 Å². The van der Waals surface area contributed by atoms with Crippen LogP contribution in [0.25, 0.3) is 0 Å². The first-order chi connectivity index (χ1) is 9.58. The van der Waals surface area contributed by atoms with Crippen LogP contribution in [0.3, 0.4) is 0 Å². The second kappa shape index (κ2) is 6.79. The molecule has 2 rings (SSSR count). The fourth-order valence-corrected chi connectivity index (χ4v) is 2.64. The predicted octanol–water partition coefficient (Wildman–Crippen LogP) is 1.75. The van der Waals surface area contributed by atoms with Gasteiger partial charge >= 0.3 is 0 Å². The van der Waals surface area contributed by atoms with E-state index in [1.807, 2.05) is 6.92 Å². The lowest BCUT2D eigenvalue weighted by Crippen LogP contribution is -3.16. The van der Waals surface area contributed by atoms with Crippen molar-refractivity contribution in [2.45, 2.75) is 38.6 Å². The van der Waals surface area contributed by atoms with Crippen LogP contribution in [-0.2, 0) is 4.79 Å². The zero-order valence-corrected chi connectivity index (χ0v) is 11.7. The van der Waals surface area contributed by atoms with Gasteiger partial charge in [0, 0.05) is 6.07 Å². The Balaban J connectivity index is 2.01. The molecule has 1 aliphatic heterocycles. The summed E-state index contributed by atoms with van der Waals surface area (Å²) in [6, 6.07) is 2.82. The third kappa shape index (κ3) is 3.76. The van der Waals surface area contributed by atoms with Crippen molar-refractivity contribution >= 4 is 11.6 Å². The van der Waals surface area contributed by atoms with E-state index in [4.69, 9.17) is 0 Å². The molecule has 0 aliphatic carbocycles. The van der Waals surface area contributed by atoms with Gasteiger partial charge in [-0.05, 0) is 44.7 Å². The molecule has 2 N–H and O–H groups in total. The quantitative estimate of drug-likeness (QED) is 0.870. The van der Waals surface area contributed by atoms with Gasteiger partial charge in [-0.25, -0.2) is 8.78 Å². The van der Waals surface area contributed by atoms with Crippen LogP contribution in [0.4, 0.5) is 14.5 Å². The highest BCUT2D eigenvalue weighted by Gasteiger charge is 2.26. The number of carbonyl (C=O) groups excluding carboxylic acids is 1. The first-order valence-electron chi connectivity index (χ1n) is 7.18. The summed E-state index contributed by atoms with van der Waals surface area (Å²) in [5.74, 6) is -1.43. The molecule has 0 bridgehead atoms. The Labute approximate surface area is 118 Å². The fourth-order valence-electron chi connectivity index (χ4n) is 2.64. The minimum atomic E-state index is -0.613. The molecule has 0 saturated carbocycles. The molecule has 0 radical (unpaired) electrons. The molecule has 20 heavy (non-hydrogen) atoms. The Bertz CT molecular complexity index is 471. The highest BCUT2D eigenvalue weighted by Crippen LogP contribution is 2.15. The van der Waals surface area contributed by atoms with Crippen molar-refractivity contribution in [2.75, 3.05) is 18.4 Å². The minimum Gasteiger partial charge on any atom is -0.325 e. The monoisotopic (exact) mass is 283 g/mol. The Hall–Kier alpha value is -1.49. The largest absolute Gasteiger partial charge is 0.325 e. The zero-order chi connectivity index (χ0) is 14.5. The number of hydrogen-bond donors (Lipinski definition) is 2. The highest BCUT2D eigenvalue weighted by molar-refractivity contribution is 5.93. The van der Waals surface area contributed by atoms with Crippen LogP contribution in [0.5, 0.6) is 0 Å². The number of hydrogen-bond acceptors (Lipinski definition) is 1. The topological polar surface area (TPSA) is 33.5 Å². The Morgan fingerprint density at radius 3 is 2.50 bits per heavy atom. The maximum absolute atomic E-state index is 13.5. The van der Waals surface area contributed by atoms with Gasteiger partial charge in [0.2, 0.25) is 0 Å². The van der Waals surface area contributed by atoms with Crippen LogP contribution in [0, 0.1) is 11.6 Å². The third-order valence-electron chi connectivity index (χ3n) is 3.94. The summed E-state index contributed by atoms with van der Waals surface area (Å²) >= 11 is 0. The first kappa shape index (κ1) is 14.9. The predicted molar refractivity (Wildman–Crippen MR) is 73.6 cm³/mol. The summed E-state index contributed by atoms with van der Waals surface area (Å²) in [6.45, 7) is 3.76. The van der Waals surface area contributed by atoms with Gasteiger partial charge < -0.3 is 10.2 Å². The molecule has 3 nitrogen and oxygen atoms in total. The molecule has 1 amide bonds. The minimum absolute atomic E-state index is 0.0870. The summed E-state index contributed by atoms with van der Waals surface area (Å²) in [5, 5.41) is 2.49. The number of halogens is 2. The van der Waals surface area contributed by atoms with Crippen LogP contribution >= 0.6 is 0 Å². The van der Waals surface area contributed by atoms with Crippen molar-refractivity contribution in [3.8, 4) is 0 Å². The number of likely N-dealkylation sites (tertiary alicyclic amines) is 1. The number of carbonyl (C=O) groups is 1. The molecule has 5 heteroatoms. The molecular formula is C15H21F2N2O+. The maximum atomic E-state index is 13.5. The molecule has 1 aliphatic rings. The fraction of sp³-hybridized carbons (Fsp3) is 0.533. The van der Waals surface area contributed by atoms with Gasteiger partial charge in [0.25, 0.3) is 5.91 Å². The lowest BCUT2D eigenvalue weighted by molar-refractivity contribution is -0.913. The highest BCUT2D eigenvalue weighted by atomic mass is 19.1. The average Bonchev–Trinajstić information content (AvgIpc) is 2.71. The molecule has 1 saturated heterocycles. The zero-order valence-electron chi connectivity index (χ0n) is 11.7. The van der Waals surface area contributed by atoms with E-state index in [-0.39, 0.29) is 17.6 Å². The number of anilines is 1. The molecule has 1 heterocycles. The van der Waals surface area contributed by atoms with Crippen LogP contribution in [0.1, 0.15) is 32.6 Å². The number of benzene rings is 1. The standard InChI is InChI=1S/C15H20F2N2O/c1-11(19-8-4-2-3-5-9-19)15(20)18-14-10-12(16)6-7-13(14)17/h6-7,10-11H,2-5,8-9H2,1H3,(H,18,20)/p+1/t11-/m1/s1. The molecule has 0 unspecified atom stereocenters. The summed E-state index contributed by atoms with van der Waals surface area (Å²) in [7, 11) is 0. The van der Waals surface area contributed by atoms with Gasteiger partial charge in [0.05, 0.1) is 18.8 Å². The van der Waals surface area contributed by atoms with Crippen molar-refractivity contribution in [1.29, 1.82) is 0 Å². The number of nitrogens with one attached hydrogen (secondary N) is 2. The molecule has 1 atom stereocenters. The van der Waals surface area contributed by atoms with Gasteiger partial charge in [0.15, 0.2) is 6.04 Å². The van der Waals surface area contributed by atoms with Crippen molar-refractivity contribution in [3.05, 3.63) is 29.8 Å². The second-order valence-corrected chi connectivity index (χ2v) is 5.41. The van der Waals surface area contributed by atoms with Gasteiger partial charge in [0.1, 0.15) is 11.6 Å². The summed E-state index contributed by atoms with van der Waals surface area (Å²) < 4.78 is 26.6. The van der Waals surface area contributed by atoms with Crippen LogP contribution < -0.4 is 10.2 Å². The van der Waals surface area contributed by atoms with E-state index in [1.54, 1.807) is 0 Å². The molecule has 0 spiro atoms. The van der Waals surface area contributed by atoms with Crippen LogP contribution in [0.2, 0.25) is 0 Å². The normalized spacial score (nSPS) is 18.4.